The van der Waals surface area contributed by atoms with Gasteiger partial charge >= 0.3 is 5.97 Å². The van der Waals surface area contributed by atoms with Crippen molar-refractivity contribution in [2.24, 2.45) is 5.92 Å². The van der Waals surface area contributed by atoms with Crippen molar-refractivity contribution in [2.45, 2.75) is 26.8 Å². The van der Waals surface area contributed by atoms with Gasteiger partial charge in [0.15, 0.2) is 5.69 Å². The standard InChI is InChI=1S/C12H21N3O4/c1-9(2)8-10-11(12(16)17)13-14-15(10)4-5-19-7-6-18-3/h9H,4-8H2,1-3H3,(H,16,17). The van der Waals surface area contributed by atoms with E-state index < -0.39 is 5.97 Å². The highest BCUT2D eigenvalue weighted by Gasteiger charge is 2.19. The minimum absolute atomic E-state index is 0.0330. The van der Waals surface area contributed by atoms with Crippen molar-refractivity contribution in [1.29, 1.82) is 0 Å². The van der Waals surface area contributed by atoms with Gasteiger partial charge in [0.05, 0.1) is 32.1 Å². The lowest BCUT2D eigenvalue weighted by Gasteiger charge is -2.09. The Kier molecular flexibility index (Phi) is 6.44. The van der Waals surface area contributed by atoms with Gasteiger partial charge in [-0.2, -0.15) is 0 Å². The molecule has 19 heavy (non-hydrogen) atoms. The Morgan fingerprint density at radius 3 is 2.68 bits per heavy atom. The molecule has 1 heterocycles. The molecule has 0 amide bonds. The van der Waals surface area contributed by atoms with Gasteiger partial charge in [-0.05, 0) is 12.3 Å². The van der Waals surface area contributed by atoms with Gasteiger partial charge in [0.25, 0.3) is 0 Å². The molecular weight excluding hydrogens is 250 g/mol. The molecule has 1 N–H and O–H groups in total. The molecule has 0 aliphatic heterocycles. The highest BCUT2D eigenvalue weighted by molar-refractivity contribution is 5.86. The van der Waals surface area contributed by atoms with Crippen LogP contribution in [0, 0.1) is 5.92 Å². The Hall–Kier alpha value is -1.47. The minimum atomic E-state index is -1.04. The van der Waals surface area contributed by atoms with E-state index in [1.807, 2.05) is 13.8 Å². The predicted octanol–water partition coefficient (Wildman–Crippen LogP) is 0.838. The van der Waals surface area contributed by atoms with E-state index in [4.69, 9.17) is 14.6 Å². The molecule has 7 nitrogen and oxygen atoms in total. The number of aromatic carboxylic acids is 1. The van der Waals surface area contributed by atoms with Gasteiger partial charge in [0.1, 0.15) is 0 Å². The summed E-state index contributed by atoms with van der Waals surface area (Å²) >= 11 is 0. The Morgan fingerprint density at radius 1 is 1.37 bits per heavy atom. The van der Waals surface area contributed by atoms with Gasteiger partial charge in [-0.3, -0.25) is 0 Å². The quantitative estimate of drug-likeness (QED) is 0.670. The molecule has 0 atom stereocenters. The van der Waals surface area contributed by atoms with Crippen LogP contribution >= 0.6 is 0 Å². The number of carboxylic acid groups (broad SMARTS) is 1. The third-order valence-electron chi connectivity index (χ3n) is 2.52. The van der Waals surface area contributed by atoms with E-state index in [1.165, 1.54) is 0 Å². The zero-order valence-corrected chi connectivity index (χ0v) is 11.6. The van der Waals surface area contributed by atoms with Crippen molar-refractivity contribution in [3.05, 3.63) is 11.4 Å². The van der Waals surface area contributed by atoms with E-state index in [0.717, 1.165) is 0 Å². The SMILES string of the molecule is COCCOCCn1nnc(C(=O)O)c1CC(C)C. The smallest absolute Gasteiger partial charge is 0.358 e. The number of nitrogens with zero attached hydrogens (tertiary/aromatic N) is 3. The summed E-state index contributed by atoms with van der Waals surface area (Å²) < 4.78 is 11.8. The average molecular weight is 271 g/mol. The van der Waals surface area contributed by atoms with E-state index in [1.54, 1.807) is 11.8 Å². The van der Waals surface area contributed by atoms with Gasteiger partial charge in [0, 0.05) is 7.11 Å². The van der Waals surface area contributed by atoms with Gasteiger partial charge < -0.3 is 14.6 Å². The number of ether oxygens (including phenoxy) is 2. The molecular formula is C12H21N3O4. The Balaban J connectivity index is 2.63. The second-order valence-electron chi connectivity index (χ2n) is 4.62. The number of aromatic nitrogens is 3. The van der Waals surface area contributed by atoms with Crippen LogP contribution in [0.3, 0.4) is 0 Å². The van der Waals surface area contributed by atoms with Crippen molar-refractivity contribution >= 4 is 5.97 Å². The van der Waals surface area contributed by atoms with Crippen molar-refractivity contribution in [1.82, 2.24) is 15.0 Å². The highest BCUT2D eigenvalue weighted by atomic mass is 16.5. The lowest BCUT2D eigenvalue weighted by Crippen LogP contribution is -2.15. The molecule has 1 aromatic rings. The minimum Gasteiger partial charge on any atom is -0.476 e. The lowest BCUT2D eigenvalue weighted by molar-refractivity contribution is 0.0647. The number of hydrogen-bond donors (Lipinski definition) is 1. The maximum atomic E-state index is 11.1. The van der Waals surface area contributed by atoms with Gasteiger partial charge in [-0.15, -0.1) is 5.10 Å². The largest absolute Gasteiger partial charge is 0.476 e. The van der Waals surface area contributed by atoms with Crippen molar-refractivity contribution in [3.8, 4) is 0 Å². The molecule has 0 radical (unpaired) electrons. The summed E-state index contributed by atoms with van der Waals surface area (Å²) in [5.41, 5.74) is 0.684. The van der Waals surface area contributed by atoms with E-state index in [-0.39, 0.29) is 5.69 Å². The van der Waals surface area contributed by atoms with Crippen LogP contribution in [0.25, 0.3) is 0 Å². The van der Waals surface area contributed by atoms with Crippen LogP contribution in [0.4, 0.5) is 0 Å². The normalized spacial score (nSPS) is 11.2. The third-order valence-corrected chi connectivity index (χ3v) is 2.52. The lowest BCUT2D eigenvalue weighted by atomic mass is 10.1. The molecule has 1 rings (SSSR count). The molecule has 0 bridgehead atoms. The van der Waals surface area contributed by atoms with Crippen molar-refractivity contribution in [2.75, 3.05) is 26.9 Å². The maximum Gasteiger partial charge on any atom is 0.358 e. The van der Waals surface area contributed by atoms with Gasteiger partial charge in [-0.25, -0.2) is 9.48 Å². The Bertz CT molecular complexity index is 404. The fourth-order valence-electron chi connectivity index (χ4n) is 1.66. The van der Waals surface area contributed by atoms with Crippen LogP contribution in [0.15, 0.2) is 0 Å². The molecule has 0 unspecified atom stereocenters. The first kappa shape index (κ1) is 15.6. The molecule has 0 spiro atoms. The molecule has 0 saturated carbocycles. The Morgan fingerprint density at radius 2 is 2.11 bits per heavy atom. The van der Waals surface area contributed by atoms with Crippen LogP contribution in [-0.4, -0.2) is 53.0 Å². The zero-order chi connectivity index (χ0) is 14.3. The van der Waals surface area contributed by atoms with Crippen LogP contribution in [0.5, 0.6) is 0 Å². The van der Waals surface area contributed by atoms with Crippen LogP contribution in [0.2, 0.25) is 0 Å². The number of carboxylic acids is 1. The maximum absolute atomic E-state index is 11.1. The average Bonchev–Trinajstić information content (AvgIpc) is 2.71. The summed E-state index contributed by atoms with van der Waals surface area (Å²) in [5, 5.41) is 16.7. The summed E-state index contributed by atoms with van der Waals surface area (Å²) in [6.45, 7) is 6.05. The topological polar surface area (TPSA) is 86.5 Å². The fourth-order valence-corrected chi connectivity index (χ4v) is 1.66. The van der Waals surface area contributed by atoms with Gasteiger partial charge in [-0.1, -0.05) is 19.1 Å². The summed E-state index contributed by atoms with van der Waals surface area (Å²) in [6.07, 6.45) is 0.632. The van der Waals surface area contributed by atoms with Crippen LogP contribution in [0.1, 0.15) is 30.0 Å². The molecule has 108 valence electrons. The first-order chi connectivity index (χ1) is 9.06. The number of rotatable bonds is 9. The second kappa shape index (κ2) is 7.85. The van der Waals surface area contributed by atoms with Crippen molar-refractivity contribution < 1.29 is 19.4 Å². The molecule has 0 saturated heterocycles. The molecule has 0 aromatic carbocycles. The third kappa shape index (κ3) is 4.96. The zero-order valence-electron chi connectivity index (χ0n) is 11.6. The van der Waals surface area contributed by atoms with Crippen LogP contribution < -0.4 is 0 Å². The summed E-state index contributed by atoms with van der Waals surface area (Å²) in [6, 6.07) is 0. The van der Waals surface area contributed by atoms with Gasteiger partial charge in [0.2, 0.25) is 0 Å². The van der Waals surface area contributed by atoms with E-state index in [0.29, 0.717) is 44.4 Å². The van der Waals surface area contributed by atoms with E-state index in [2.05, 4.69) is 10.3 Å². The molecule has 0 fully saturated rings. The predicted molar refractivity (Wildman–Crippen MR) is 68.2 cm³/mol. The summed E-state index contributed by atoms with van der Waals surface area (Å²) in [5.74, 6) is -0.702. The van der Waals surface area contributed by atoms with Crippen molar-refractivity contribution in [3.63, 3.8) is 0 Å². The highest BCUT2D eigenvalue weighted by Crippen LogP contribution is 2.12. The fraction of sp³-hybridized carbons (Fsp3) is 0.750. The number of carbonyl (C=O) groups is 1. The first-order valence-corrected chi connectivity index (χ1v) is 6.28. The molecule has 7 heteroatoms. The van der Waals surface area contributed by atoms with E-state index >= 15 is 0 Å². The number of hydrogen-bond acceptors (Lipinski definition) is 5. The summed E-state index contributed by atoms with van der Waals surface area (Å²) in [7, 11) is 1.61. The Labute approximate surface area is 112 Å². The summed E-state index contributed by atoms with van der Waals surface area (Å²) in [4.78, 5) is 11.1. The monoisotopic (exact) mass is 271 g/mol. The second-order valence-corrected chi connectivity index (χ2v) is 4.62. The van der Waals surface area contributed by atoms with E-state index in [9.17, 15) is 4.79 Å². The van der Waals surface area contributed by atoms with Crippen LogP contribution in [-0.2, 0) is 22.4 Å². The molecule has 0 aliphatic rings. The molecule has 1 aromatic heterocycles. The first-order valence-electron chi connectivity index (χ1n) is 6.28. The number of methoxy groups -OCH3 is 1. The molecule has 0 aliphatic carbocycles.